The molecule has 1 N–H and O–H groups in total. The molecule has 1 aromatic rings. The van der Waals surface area contributed by atoms with E-state index in [0.29, 0.717) is 18.0 Å². The third kappa shape index (κ3) is 2.90. The van der Waals surface area contributed by atoms with E-state index < -0.39 is 10.0 Å². The Kier molecular flexibility index (Phi) is 4.23. The molecule has 0 saturated carbocycles. The van der Waals surface area contributed by atoms with Gasteiger partial charge >= 0.3 is 0 Å². The number of hydrogen-bond acceptors (Lipinski definition) is 3. The van der Waals surface area contributed by atoms with Crippen molar-refractivity contribution in [3.8, 4) is 0 Å². The van der Waals surface area contributed by atoms with Crippen LogP contribution < -0.4 is 5.32 Å². The highest BCUT2D eigenvalue weighted by Crippen LogP contribution is 2.26. The molecule has 1 aliphatic heterocycles. The van der Waals surface area contributed by atoms with Crippen molar-refractivity contribution >= 4 is 10.0 Å². The molecular weight excluding hydrogens is 272 g/mol. The van der Waals surface area contributed by atoms with Gasteiger partial charge in [-0.15, -0.1) is 0 Å². The number of sulfonamides is 1. The maximum Gasteiger partial charge on any atom is 0.243 e. The van der Waals surface area contributed by atoms with Gasteiger partial charge in [-0.25, -0.2) is 8.42 Å². The van der Waals surface area contributed by atoms with Crippen LogP contribution in [0.25, 0.3) is 0 Å². The summed E-state index contributed by atoms with van der Waals surface area (Å²) in [6, 6.07) is 4.24. The first kappa shape index (κ1) is 15.5. The molecule has 0 radical (unpaired) electrons. The first-order chi connectivity index (χ1) is 9.21. The van der Waals surface area contributed by atoms with E-state index in [0.717, 1.165) is 16.7 Å². The van der Waals surface area contributed by atoms with Gasteiger partial charge in [0.2, 0.25) is 10.0 Å². The Morgan fingerprint density at radius 1 is 1.05 bits per heavy atom. The van der Waals surface area contributed by atoms with E-state index in [4.69, 9.17) is 0 Å². The Morgan fingerprint density at radius 3 is 1.95 bits per heavy atom. The Balaban J connectivity index is 2.45. The van der Waals surface area contributed by atoms with Gasteiger partial charge in [0, 0.05) is 25.2 Å². The lowest BCUT2D eigenvalue weighted by Gasteiger charge is -2.35. The van der Waals surface area contributed by atoms with Gasteiger partial charge in [0.15, 0.2) is 0 Å². The molecule has 1 fully saturated rings. The van der Waals surface area contributed by atoms with E-state index >= 15 is 0 Å². The monoisotopic (exact) mass is 296 g/mol. The molecule has 1 aromatic carbocycles. The second kappa shape index (κ2) is 5.47. The second-order valence-corrected chi connectivity index (χ2v) is 7.89. The van der Waals surface area contributed by atoms with Gasteiger partial charge in [-0.1, -0.05) is 17.7 Å². The molecule has 0 amide bonds. The molecule has 0 aliphatic carbocycles. The molecule has 0 bridgehead atoms. The molecule has 1 aliphatic rings. The highest BCUT2D eigenvalue weighted by molar-refractivity contribution is 7.89. The quantitative estimate of drug-likeness (QED) is 0.908. The molecule has 4 nitrogen and oxygen atoms in total. The fourth-order valence-corrected chi connectivity index (χ4v) is 5.21. The highest BCUT2D eigenvalue weighted by Gasteiger charge is 2.33. The average Bonchev–Trinajstić information content (AvgIpc) is 2.25. The summed E-state index contributed by atoms with van der Waals surface area (Å²) < 4.78 is 27.5. The molecule has 112 valence electrons. The lowest BCUT2D eigenvalue weighted by Crippen LogP contribution is -2.55. The lowest BCUT2D eigenvalue weighted by molar-refractivity contribution is 0.262. The molecule has 2 rings (SSSR count). The summed E-state index contributed by atoms with van der Waals surface area (Å²) in [5.74, 6) is 0. The third-order valence-corrected chi connectivity index (χ3v) is 5.86. The molecule has 0 spiro atoms. The van der Waals surface area contributed by atoms with Gasteiger partial charge in [0.05, 0.1) is 4.90 Å². The minimum atomic E-state index is -3.41. The fourth-order valence-electron chi connectivity index (χ4n) is 3.18. The Labute approximate surface area is 122 Å². The standard InChI is InChI=1S/C15H24N2O2S/c1-10-6-11(2)15(12(3)7-10)20(18,19)17-8-13(4)16-14(5)9-17/h6-7,13-14,16H,8-9H2,1-5H3. The zero-order valence-corrected chi connectivity index (χ0v) is 13.7. The summed E-state index contributed by atoms with van der Waals surface area (Å²) >= 11 is 0. The van der Waals surface area contributed by atoms with Crippen molar-refractivity contribution in [2.24, 2.45) is 0 Å². The first-order valence-corrected chi connectivity index (χ1v) is 8.50. The summed E-state index contributed by atoms with van der Waals surface area (Å²) in [5.41, 5.74) is 2.77. The number of nitrogens with zero attached hydrogens (tertiary/aromatic N) is 1. The van der Waals surface area contributed by atoms with Crippen molar-refractivity contribution in [2.75, 3.05) is 13.1 Å². The van der Waals surface area contributed by atoms with Gasteiger partial charge in [-0.05, 0) is 45.7 Å². The molecule has 0 aromatic heterocycles. The Bertz CT molecular complexity index is 577. The second-order valence-electron chi connectivity index (χ2n) is 6.02. The summed E-state index contributed by atoms with van der Waals surface area (Å²) in [5, 5.41) is 3.36. The first-order valence-electron chi connectivity index (χ1n) is 7.06. The van der Waals surface area contributed by atoms with E-state index in [-0.39, 0.29) is 12.1 Å². The smallest absolute Gasteiger partial charge is 0.243 e. The summed E-state index contributed by atoms with van der Waals surface area (Å²) in [7, 11) is -3.41. The highest BCUT2D eigenvalue weighted by atomic mass is 32.2. The van der Waals surface area contributed by atoms with E-state index in [1.165, 1.54) is 0 Å². The SMILES string of the molecule is Cc1cc(C)c(S(=O)(=O)N2CC(C)NC(C)C2)c(C)c1. The molecular formula is C15H24N2O2S. The van der Waals surface area contributed by atoms with Crippen LogP contribution in [0.5, 0.6) is 0 Å². The minimum absolute atomic E-state index is 0.180. The van der Waals surface area contributed by atoms with Crippen LogP contribution in [0.15, 0.2) is 17.0 Å². The zero-order valence-electron chi connectivity index (χ0n) is 12.9. The van der Waals surface area contributed by atoms with Crippen LogP contribution in [0, 0.1) is 20.8 Å². The maximum atomic E-state index is 12.9. The normalized spacial score (nSPS) is 24.9. The average molecular weight is 296 g/mol. The van der Waals surface area contributed by atoms with E-state index in [1.807, 2.05) is 46.8 Å². The van der Waals surface area contributed by atoms with Gasteiger partial charge in [0.25, 0.3) is 0 Å². The number of nitrogens with one attached hydrogen (secondary N) is 1. The predicted molar refractivity (Wildman–Crippen MR) is 81.5 cm³/mol. The van der Waals surface area contributed by atoms with E-state index in [9.17, 15) is 8.42 Å². The number of benzene rings is 1. The number of hydrogen-bond donors (Lipinski definition) is 1. The molecule has 2 atom stereocenters. The van der Waals surface area contributed by atoms with Crippen molar-refractivity contribution in [3.63, 3.8) is 0 Å². The van der Waals surface area contributed by atoms with Crippen LogP contribution in [-0.2, 0) is 10.0 Å². The van der Waals surface area contributed by atoms with Crippen LogP contribution in [0.3, 0.4) is 0 Å². The largest absolute Gasteiger partial charge is 0.309 e. The lowest BCUT2D eigenvalue weighted by atomic mass is 10.1. The fraction of sp³-hybridized carbons (Fsp3) is 0.600. The van der Waals surface area contributed by atoms with Gasteiger partial charge < -0.3 is 5.32 Å². The van der Waals surface area contributed by atoms with E-state index in [1.54, 1.807) is 4.31 Å². The van der Waals surface area contributed by atoms with Crippen LogP contribution in [0.2, 0.25) is 0 Å². The summed E-state index contributed by atoms with van der Waals surface area (Å²) in [6.07, 6.45) is 0. The van der Waals surface area contributed by atoms with Gasteiger partial charge in [-0.2, -0.15) is 4.31 Å². The van der Waals surface area contributed by atoms with Gasteiger partial charge in [-0.3, -0.25) is 0 Å². The van der Waals surface area contributed by atoms with Gasteiger partial charge in [0.1, 0.15) is 0 Å². The molecule has 2 unspecified atom stereocenters. The van der Waals surface area contributed by atoms with Crippen molar-refractivity contribution < 1.29 is 8.42 Å². The van der Waals surface area contributed by atoms with Crippen LogP contribution >= 0.6 is 0 Å². The van der Waals surface area contributed by atoms with Crippen LogP contribution in [0.4, 0.5) is 0 Å². The number of aryl methyl sites for hydroxylation is 3. The van der Waals surface area contributed by atoms with E-state index in [2.05, 4.69) is 5.32 Å². The Hall–Kier alpha value is -0.910. The summed E-state index contributed by atoms with van der Waals surface area (Å²) in [4.78, 5) is 0.476. The molecule has 5 heteroatoms. The third-order valence-electron chi connectivity index (χ3n) is 3.73. The van der Waals surface area contributed by atoms with Crippen molar-refractivity contribution in [3.05, 3.63) is 28.8 Å². The Morgan fingerprint density at radius 2 is 1.50 bits per heavy atom. The van der Waals surface area contributed by atoms with Crippen molar-refractivity contribution in [2.45, 2.75) is 51.6 Å². The number of piperazine rings is 1. The van der Waals surface area contributed by atoms with Crippen molar-refractivity contribution in [1.29, 1.82) is 0 Å². The molecule has 1 saturated heterocycles. The predicted octanol–water partition coefficient (Wildman–Crippen LogP) is 1.98. The summed E-state index contributed by atoms with van der Waals surface area (Å²) in [6.45, 7) is 10.8. The topological polar surface area (TPSA) is 49.4 Å². The van der Waals surface area contributed by atoms with Crippen LogP contribution in [0.1, 0.15) is 30.5 Å². The minimum Gasteiger partial charge on any atom is -0.309 e. The maximum absolute atomic E-state index is 12.9. The van der Waals surface area contributed by atoms with Crippen molar-refractivity contribution in [1.82, 2.24) is 9.62 Å². The zero-order chi connectivity index (χ0) is 15.1. The molecule has 1 heterocycles. The molecule has 20 heavy (non-hydrogen) atoms. The number of rotatable bonds is 2. The van der Waals surface area contributed by atoms with Crippen LogP contribution in [-0.4, -0.2) is 37.9 Å².